The monoisotopic (exact) mass is 510 g/mol. The molecule has 178 valence electrons. The minimum atomic E-state index is -4.51. The number of carboxylic acids is 2. The van der Waals surface area contributed by atoms with E-state index in [9.17, 15) is 33.5 Å². The van der Waals surface area contributed by atoms with Gasteiger partial charge in [0.1, 0.15) is 12.1 Å². The molecular weight excluding hydrogens is 492 g/mol. The molecule has 1 aliphatic carbocycles. The number of aliphatic carboxylic acids is 2. The molecule has 0 bridgehead atoms. The lowest BCUT2D eigenvalue weighted by molar-refractivity contribution is -0.145. The third-order valence-corrected chi connectivity index (χ3v) is 8.22. The maximum absolute atomic E-state index is 13.6. The number of benzene rings is 3. The summed E-state index contributed by atoms with van der Waals surface area (Å²) in [4.78, 5) is 23.8. The second-order valence-corrected chi connectivity index (χ2v) is 10.5. The van der Waals surface area contributed by atoms with E-state index < -0.39 is 40.0 Å². The highest BCUT2D eigenvalue weighted by Crippen LogP contribution is 2.57. The normalized spacial score (nSPS) is 19.2. The molecule has 0 aromatic heterocycles. The molecular formula is C25H19ClN2O6S. The van der Waals surface area contributed by atoms with Gasteiger partial charge in [-0.1, -0.05) is 48.0 Å². The van der Waals surface area contributed by atoms with Crippen LogP contribution in [-0.4, -0.2) is 47.0 Å². The second-order valence-electron chi connectivity index (χ2n) is 8.16. The van der Waals surface area contributed by atoms with Crippen LogP contribution >= 0.6 is 11.6 Å². The van der Waals surface area contributed by atoms with Gasteiger partial charge in [0.25, 0.3) is 0 Å². The molecule has 4 rings (SSSR count). The minimum absolute atomic E-state index is 0.118. The van der Waals surface area contributed by atoms with Gasteiger partial charge in [-0.25, -0.2) is 8.42 Å². The van der Waals surface area contributed by atoms with Gasteiger partial charge in [0.2, 0.25) is 10.0 Å². The zero-order valence-corrected chi connectivity index (χ0v) is 19.7. The van der Waals surface area contributed by atoms with Gasteiger partial charge in [-0.15, -0.1) is 0 Å². The fourth-order valence-corrected chi connectivity index (χ4v) is 6.09. The van der Waals surface area contributed by atoms with Gasteiger partial charge in [0.15, 0.2) is 0 Å². The molecule has 0 aliphatic heterocycles. The van der Waals surface area contributed by atoms with Gasteiger partial charge >= 0.3 is 11.9 Å². The summed E-state index contributed by atoms with van der Waals surface area (Å²) in [7, 11) is -4.51. The molecule has 2 unspecified atom stereocenters. The molecule has 35 heavy (non-hydrogen) atoms. The summed E-state index contributed by atoms with van der Waals surface area (Å²) in [5.74, 6) is -3.74. The molecule has 0 heterocycles. The Hall–Kier alpha value is -3.71. The first-order valence-electron chi connectivity index (χ1n) is 10.4. The molecule has 8 nitrogen and oxygen atoms in total. The molecule has 0 saturated heterocycles. The van der Waals surface area contributed by atoms with E-state index in [1.54, 1.807) is 54.6 Å². The number of hydrogen-bond donors (Lipinski definition) is 2. The third kappa shape index (κ3) is 4.51. The van der Waals surface area contributed by atoms with Crippen molar-refractivity contribution in [1.82, 2.24) is 4.31 Å². The summed E-state index contributed by atoms with van der Waals surface area (Å²) < 4.78 is 27.7. The van der Waals surface area contributed by atoms with Crippen molar-refractivity contribution in [1.29, 1.82) is 5.26 Å². The van der Waals surface area contributed by atoms with E-state index in [-0.39, 0.29) is 11.3 Å². The summed E-state index contributed by atoms with van der Waals surface area (Å²) in [5, 5.41) is 29.3. The molecule has 1 aliphatic rings. The highest BCUT2D eigenvalue weighted by atomic mass is 35.5. The largest absolute Gasteiger partial charge is 0.480 e. The number of sulfonamides is 1. The number of hydrogen-bond acceptors (Lipinski definition) is 5. The van der Waals surface area contributed by atoms with E-state index in [0.29, 0.717) is 26.0 Å². The maximum atomic E-state index is 13.6. The quantitative estimate of drug-likeness (QED) is 0.468. The van der Waals surface area contributed by atoms with Crippen molar-refractivity contribution in [2.24, 2.45) is 0 Å². The molecule has 3 aromatic rings. The number of nitrogens with zero attached hydrogens (tertiary/aromatic N) is 2. The van der Waals surface area contributed by atoms with E-state index in [4.69, 9.17) is 11.6 Å². The van der Waals surface area contributed by atoms with Crippen LogP contribution in [-0.2, 0) is 19.6 Å². The Bertz CT molecular complexity index is 1450. The lowest BCUT2D eigenvalue weighted by Gasteiger charge is -2.28. The fourth-order valence-electron chi connectivity index (χ4n) is 4.24. The molecule has 2 atom stereocenters. The van der Waals surface area contributed by atoms with Crippen molar-refractivity contribution >= 4 is 33.6 Å². The van der Waals surface area contributed by atoms with Crippen LogP contribution in [0.5, 0.6) is 0 Å². The average molecular weight is 511 g/mol. The number of carbonyl (C=O) groups is 2. The maximum Gasteiger partial charge on any atom is 0.325 e. The Morgan fingerprint density at radius 2 is 1.63 bits per heavy atom. The smallest absolute Gasteiger partial charge is 0.325 e. The number of nitriles is 1. The predicted octanol–water partition coefficient (Wildman–Crippen LogP) is 3.96. The van der Waals surface area contributed by atoms with Crippen LogP contribution < -0.4 is 0 Å². The SMILES string of the molecule is N#Cc1cccc(C2CC2(C(=O)O)N(CC(=O)O)S(=O)(=O)c2ccc(-c3ccc(Cl)cc3)cc2)c1. The van der Waals surface area contributed by atoms with E-state index >= 15 is 0 Å². The Kier molecular flexibility index (Phi) is 6.38. The first-order chi connectivity index (χ1) is 16.6. The van der Waals surface area contributed by atoms with Crippen molar-refractivity contribution < 1.29 is 28.2 Å². The Morgan fingerprint density at radius 3 is 2.17 bits per heavy atom. The van der Waals surface area contributed by atoms with Crippen molar-refractivity contribution in [3.63, 3.8) is 0 Å². The van der Waals surface area contributed by atoms with Gasteiger partial charge in [0.05, 0.1) is 16.5 Å². The molecule has 10 heteroatoms. The van der Waals surface area contributed by atoms with Crippen LogP contribution in [0, 0.1) is 11.3 Å². The van der Waals surface area contributed by atoms with Crippen molar-refractivity contribution in [2.45, 2.75) is 22.8 Å². The van der Waals surface area contributed by atoms with E-state index in [0.717, 1.165) is 5.56 Å². The molecule has 2 N–H and O–H groups in total. The van der Waals surface area contributed by atoms with Gasteiger partial charge in [-0.2, -0.15) is 9.57 Å². The molecule has 1 fully saturated rings. The van der Waals surface area contributed by atoms with E-state index in [1.807, 2.05) is 6.07 Å². The predicted molar refractivity (Wildman–Crippen MR) is 127 cm³/mol. The Balaban J connectivity index is 1.74. The van der Waals surface area contributed by atoms with Gasteiger partial charge in [-0.05, 0) is 59.5 Å². The number of halogens is 1. The highest BCUT2D eigenvalue weighted by molar-refractivity contribution is 7.89. The van der Waals surface area contributed by atoms with Crippen LogP contribution in [0.25, 0.3) is 11.1 Å². The van der Waals surface area contributed by atoms with Gasteiger partial charge < -0.3 is 10.2 Å². The van der Waals surface area contributed by atoms with Crippen molar-refractivity contribution in [2.75, 3.05) is 6.54 Å². The van der Waals surface area contributed by atoms with Crippen LogP contribution in [0.15, 0.2) is 77.7 Å². The summed E-state index contributed by atoms with van der Waals surface area (Å²) in [6, 6.07) is 20.9. The fraction of sp³-hybridized carbons (Fsp3) is 0.160. The molecule has 3 aromatic carbocycles. The summed E-state index contributed by atoms with van der Waals surface area (Å²) >= 11 is 5.91. The standard InChI is InChI=1S/C25H19ClN2O6S/c26-20-8-4-17(5-9-20)18-6-10-21(11-7-18)35(33,34)28(15-23(29)30)25(24(31)32)13-22(25)19-3-1-2-16(12-19)14-27/h1-12,22H,13,15H2,(H,29,30)(H,31,32). The first-order valence-corrected chi connectivity index (χ1v) is 12.3. The van der Waals surface area contributed by atoms with Crippen LogP contribution in [0.2, 0.25) is 5.02 Å². The zero-order chi connectivity index (χ0) is 25.4. The Labute approximate surface area is 206 Å². The topological polar surface area (TPSA) is 136 Å². The third-order valence-electron chi connectivity index (χ3n) is 6.06. The van der Waals surface area contributed by atoms with Crippen LogP contribution in [0.4, 0.5) is 0 Å². The van der Waals surface area contributed by atoms with Crippen LogP contribution in [0.1, 0.15) is 23.5 Å². The van der Waals surface area contributed by atoms with Gasteiger partial charge in [-0.3, -0.25) is 9.59 Å². The minimum Gasteiger partial charge on any atom is -0.480 e. The molecule has 0 spiro atoms. The zero-order valence-electron chi connectivity index (χ0n) is 18.1. The van der Waals surface area contributed by atoms with Crippen molar-refractivity contribution in [3.05, 3.63) is 88.9 Å². The first kappa shape index (κ1) is 24.4. The lowest BCUT2D eigenvalue weighted by Crippen LogP contribution is -2.50. The van der Waals surface area contributed by atoms with E-state index in [2.05, 4.69) is 0 Å². The summed E-state index contributed by atoms with van der Waals surface area (Å²) in [6.45, 7) is -1.03. The Morgan fingerprint density at radius 1 is 1.03 bits per heavy atom. The second kappa shape index (κ2) is 9.15. The molecule has 1 saturated carbocycles. The lowest BCUT2D eigenvalue weighted by atomic mass is 10.0. The number of rotatable bonds is 8. The summed E-state index contributed by atoms with van der Waals surface area (Å²) in [5.41, 5.74) is 0.257. The highest BCUT2D eigenvalue weighted by Gasteiger charge is 2.68. The van der Waals surface area contributed by atoms with Gasteiger partial charge in [0, 0.05) is 10.9 Å². The summed E-state index contributed by atoms with van der Waals surface area (Å²) in [6.07, 6.45) is -0.118. The molecule has 0 radical (unpaired) electrons. The van der Waals surface area contributed by atoms with E-state index in [1.165, 1.54) is 18.2 Å². The van der Waals surface area contributed by atoms with Crippen LogP contribution in [0.3, 0.4) is 0 Å². The average Bonchev–Trinajstić information content (AvgIpc) is 3.60. The molecule has 0 amide bonds. The van der Waals surface area contributed by atoms with Crippen molar-refractivity contribution in [3.8, 4) is 17.2 Å². The number of carboxylic acid groups (broad SMARTS) is 2.